The number of nitrogens with two attached hydrogens (primary N) is 1. The van der Waals surface area contributed by atoms with Gasteiger partial charge in [0.2, 0.25) is 0 Å². The lowest BCUT2D eigenvalue weighted by Crippen LogP contribution is -2.35. The molecule has 2 aromatic carbocycles. The van der Waals surface area contributed by atoms with Crippen LogP contribution in [0.3, 0.4) is 0 Å². The van der Waals surface area contributed by atoms with Crippen LogP contribution in [0.15, 0.2) is 36.4 Å². The Hall–Kier alpha value is -2.73. The molecule has 0 aromatic heterocycles. The van der Waals surface area contributed by atoms with E-state index in [1.165, 1.54) is 26.4 Å². The number of ether oxygens (including phenoxy) is 2. The molecular weight excluding hydrogens is 368 g/mol. The van der Waals surface area contributed by atoms with Gasteiger partial charge in [0, 0.05) is 12.6 Å². The van der Waals surface area contributed by atoms with Crippen molar-refractivity contribution in [2.45, 2.75) is 13.3 Å². The number of anilines is 1. The van der Waals surface area contributed by atoms with Crippen LogP contribution in [0.1, 0.15) is 21.5 Å². The number of rotatable bonds is 7. The molecule has 0 aliphatic carbocycles. The number of amides is 1. The Labute approximate surface area is 163 Å². The lowest BCUT2D eigenvalue weighted by Gasteiger charge is -2.17. The number of aryl methyl sites for hydroxylation is 1. The van der Waals surface area contributed by atoms with Gasteiger partial charge in [0.05, 0.1) is 36.4 Å². The maximum Gasteiger partial charge on any atom is 0.310 e. The highest BCUT2D eigenvalue weighted by molar-refractivity contribution is 6.33. The van der Waals surface area contributed by atoms with E-state index < -0.39 is 11.8 Å². The molecule has 0 fully saturated rings. The van der Waals surface area contributed by atoms with Crippen molar-refractivity contribution < 1.29 is 19.1 Å². The lowest BCUT2D eigenvalue weighted by molar-refractivity contribution is -0.145. The van der Waals surface area contributed by atoms with E-state index in [9.17, 15) is 9.59 Å². The van der Waals surface area contributed by atoms with Crippen LogP contribution in [0.2, 0.25) is 5.02 Å². The third-order valence-electron chi connectivity index (χ3n) is 4.17. The molecule has 0 bridgehead atoms. The second-order valence-electron chi connectivity index (χ2n) is 6.20. The molecule has 1 atom stereocenters. The highest BCUT2D eigenvalue weighted by Crippen LogP contribution is 2.28. The summed E-state index contributed by atoms with van der Waals surface area (Å²) in [4.78, 5) is 24.7. The number of nitrogen functional groups attached to an aromatic ring is 1. The zero-order chi connectivity index (χ0) is 20.0. The van der Waals surface area contributed by atoms with Crippen LogP contribution in [0.25, 0.3) is 0 Å². The number of esters is 1. The standard InChI is InChI=1S/C20H23ClN2O4/c1-12-5-4-6-13(7-12)8-14(20(25)27-3)11-23-19(24)15-9-16(21)17(22)10-18(15)26-2/h4-7,9-10,14H,8,11,22H2,1-3H3,(H,23,24). The summed E-state index contributed by atoms with van der Waals surface area (Å²) in [7, 11) is 2.77. The Bertz CT molecular complexity index is 839. The van der Waals surface area contributed by atoms with E-state index in [0.717, 1.165) is 11.1 Å². The van der Waals surface area contributed by atoms with Crippen molar-refractivity contribution >= 4 is 29.2 Å². The molecule has 0 heterocycles. The van der Waals surface area contributed by atoms with Gasteiger partial charge in [-0.05, 0) is 25.0 Å². The number of halogens is 1. The second-order valence-corrected chi connectivity index (χ2v) is 6.60. The molecule has 0 saturated carbocycles. The van der Waals surface area contributed by atoms with Gasteiger partial charge in [-0.15, -0.1) is 0 Å². The van der Waals surface area contributed by atoms with Crippen LogP contribution >= 0.6 is 11.6 Å². The van der Waals surface area contributed by atoms with Crippen molar-refractivity contribution in [1.29, 1.82) is 0 Å². The van der Waals surface area contributed by atoms with Crippen LogP contribution in [-0.2, 0) is 16.0 Å². The minimum atomic E-state index is -0.518. The first-order valence-corrected chi connectivity index (χ1v) is 8.78. The molecule has 1 unspecified atom stereocenters. The highest BCUT2D eigenvalue weighted by Gasteiger charge is 2.22. The Morgan fingerprint density at radius 3 is 2.59 bits per heavy atom. The molecule has 0 aliphatic rings. The third kappa shape index (κ3) is 5.37. The number of carbonyl (C=O) groups is 2. The summed E-state index contributed by atoms with van der Waals surface area (Å²) in [6.45, 7) is 2.10. The maximum atomic E-state index is 12.6. The molecule has 0 saturated heterocycles. The van der Waals surface area contributed by atoms with Crippen LogP contribution in [0, 0.1) is 12.8 Å². The molecule has 6 nitrogen and oxygen atoms in total. The Kier molecular flexibility index (Phi) is 7.07. The van der Waals surface area contributed by atoms with E-state index >= 15 is 0 Å². The Morgan fingerprint density at radius 1 is 1.22 bits per heavy atom. The van der Waals surface area contributed by atoms with Gasteiger partial charge in [-0.25, -0.2) is 0 Å². The monoisotopic (exact) mass is 390 g/mol. The number of benzene rings is 2. The van der Waals surface area contributed by atoms with Crippen LogP contribution in [-0.4, -0.2) is 32.6 Å². The van der Waals surface area contributed by atoms with E-state index in [1.807, 2.05) is 31.2 Å². The summed E-state index contributed by atoms with van der Waals surface area (Å²) in [5.74, 6) is -1.01. The lowest BCUT2D eigenvalue weighted by atomic mass is 9.98. The average molecular weight is 391 g/mol. The predicted octanol–water partition coefficient (Wildman–Crippen LogP) is 3.00. The van der Waals surface area contributed by atoms with Crippen molar-refractivity contribution in [2.75, 3.05) is 26.5 Å². The topological polar surface area (TPSA) is 90.7 Å². The first-order chi connectivity index (χ1) is 12.8. The van der Waals surface area contributed by atoms with Crippen molar-refractivity contribution in [2.24, 2.45) is 5.92 Å². The first-order valence-electron chi connectivity index (χ1n) is 8.40. The minimum Gasteiger partial charge on any atom is -0.496 e. The summed E-state index contributed by atoms with van der Waals surface area (Å²) in [6.07, 6.45) is 0.453. The summed E-state index contributed by atoms with van der Waals surface area (Å²) < 4.78 is 10.1. The molecule has 7 heteroatoms. The van der Waals surface area contributed by atoms with Crippen LogP contribution in [0.4, 0.5) is 5.69 Å². The Balaban J connectivity index is 2.14. The number of methoxy groups -OCH3 is 2. The van der Waals surface area contributed by atoms with Crippen molar-refractivity contribution in [3.05, 3.63) is 58.1 Å². The molecule has 27 heavy (non-hydrogen) atoms. The van der Waals surface area contributed by atoms with E-state index in [4.69, 9.17) is 26.8 Å². The SMILES string of the molecule is COC(=O)C(CNC(=O)c1cc(Cl)c(N)cc1OC)Cc1cccc(C)c1. The van der Waals surface area contributed by atoms with Crippen LogP contribution < -0.4 is 15.8 Å². The summed E-state index contributed by atoms with van der Waals surface area (Å²) in [6, 6.07) is 10.8. The van der Waals surface area contributed by atoms with E-state index in [1.54, 1.807) is 0 Å². The van der Waals surface area contributed by atoms with Gasteiger partial charge in [0.25, 0.3) is 5.91 Å². The van der Waals surface area contributed by atoms with Crippen molar-refractivity contribution in [1.82, 2.24) is 5.32 Å². The molecule has 3 N–H and O–H groups in total. The molecule has 0 aliphatic heterocycles. The van der Waals surface area contributed by atoms with Gasteiger partial charge in [-0.2, -0.15) is 0 Å². The fourth-order valence-electron chi connectivity index (χ4n) is 2.76. The quantitative estimate of drug-likeness (QED) is 0.560. The summed E-state index contributed by atoms with van der Waals surface area (Å²) in [5, 5.41) is 3.01. The fraction of sp³-hybridized carbons (Fsp3) is 0.300. The molecule has 0 spiro atoms. The summed E-state index contributed by atoms with van der Waals surface area (Å²) in [5.41, 5.74) is 8.39. The molecular formula is C20H23ClN2O4. The molecule has 1 amide bonds. The van der Waals surface area contributed by atoms with E-state index in [2.05, 4.69) is 5.32 Å². The van der Waals surface area contributed by atoms with Gasteiger partial charge in [-0.3, -0.25) is 9.59 Å². The zero-order valence-corrected chi connectivity index (χ0v) is 16.3. The molecule has 0 radical (unpaired) electrons. The van der Waals surface area contributed by atoms with Gasteiger partial charge < -0.3 is 20.5 Å². The molecule has 2 rings (SSSR count). The van der Waals surface area contributed by atoms with Crippen molar-refractivity contribution in [3.8, 4) is 5.75 Å². The minimum absolute atomic E-state index is 0.116. The van der Waals surface area contributed by atoms with Crippen LogP contribution in [0.5, 0.6) is 5.75 Å². The predicted molar refractivity (Wildman–Crippen MR) is 105 cm³/mol. The van der Waals surface area contributed by atoms with Gasteiger partial charge in [0.15, 0.2) is 0 Å². The second kappa shape index (κ2) is 9.28. The number of carbonyl (C=O) groups excluding carboxylic acids is 2. The highest BCUT2D eigenvalue weighted by atomic mass is 35.5. The smallest absolute Gasteiger partial charge is 0.310 e. The van der Waals surface area contributed by atoms with E-state index in [0.29, 0.717) is 17.9 Å². The summed E-state index contributed by atoms with van der Waals surface area (Å²) >= 11 is 6.01. The number of nitrogens with one attached hydrogen (secondary N) is 1. The largest absolute Gasteiger partial charge is 0.496 e. The first kappa shape index (κ1) is 20.6. The molecule has 144 valence electrons. The fourth-order valence-corrected chi connectivity index (χ4v) is 2.92. The number of hydrogen-bond donors (Lipinski definition) is 2. The Morgan fingerprint density at radius 2 is 1.96 bits per heavy atom. The molecule has 2 aromatic rings. The van der Waals surface area contributed by atoms with Gasteiger partial charge >= 0.3 is 5.97 Å². The zero-order valence-electron chi connectivity index (χ0n) is 15.5. The van der Waals surface area contributed by atoms with Gasteiger partial charge in [-0.1, -0.05) is 41.4 Å². The third-order valence-corrected chi connectivity index (χ3v) is 4.50. The van der Waals surface area contributed by atoms with Gasteiger partial charge in [0.1, 0.15) is 5.75 Å². The van der Waals surface area contributed by atoms with E-state index in [-0.39, 0.29) is 23.1 Å². The number of hydrogen-bond acceptors (Lipinski definition) is 5. The normalized spacial score (nSPS) is 11.6. The van der Waals surface area contributed by atoms with Crippen molar-refractivity contribution in [3.63, 3.8) is 0 Å². The maximum absolute atomic E-state index is 12.6. The average Bonchev–Trinajstić information content (AvgIpc) is 2.65.